The van der Waals surface area contributed by atoms with Crippen LogP contribution in [0.4, 0.5) is 0 Å². The Hall–Kier alpha value is -4.22. The zero-order chi connectivity index (χ0) is 21.8. The third-order valence-electron chi connectivity index (χ3n) is 5.60. The Labute approximate surface area is 187 Å². The number of fused-ring (bicyclic) bond motifs is 1. The van der Waals surface area contributed by atoms with Crippen LogP contribution in [0.25, 0.3) is 22.1 Å². The van der Waals surface area contributed by atoms with Crippen LogP contribution >= 0.6 is 0 Å². The summed E-state index contributed by atoms with van der Waals surface area (Å²) in [4.78, 5) is 0. The lowest BCUT2D eigenvalue weighted by Crippen LogP contribution is -1.90. The molecule has 32 heavy (non-hydrogen) atoms. The molecule has 1 N–H and O–H groups in total. The zero-order valence-corrected chi connectivity index (χ0v) is 17.6. The molecule has 2 heteroatoms. The van der Waals surface area contributed by atoms with E-state index in [1.54, 1.807) is 6.26 Å². The molecule has 1 aromatic heterocycles. The van der Waals surface area contributed by atoms with Gasteiger partial charge in [0.05, 0.1) is 6.26 Å². The second-order valence-electron chi connectivity index (χ2n) is 7.82. The van der Waals surface area contributed by atoms with Crippen LogP contribution in [0.15, 0.2) is 108 Å². The maximum Gasteiger partial charge on any atom is 0.133 e. The van der Waals surface area contributed by atoms with Crippen molar-refractivity contribution in [2.24, 2.45) is 0 Å². The van der Waals surface area contributed by atoms with Crippen LogP contribution in [0, 0.1) is 11.8 Å². The van der Waals surface area contributed by atoms with Crippen molar-refractivity contribution in [2.75, 3.05) is 0 Å². The normalized spacial score (nSPS) is 10.6. The van der Waals surface area contributed by atoms with Crippen molar-refractivity contribution in [3.63, 3.8) is 0 Å². The van der Waals surface area contributed by atoms with E-state index in [-0.39, 0.29) is 0 Å². The van der Waals surface area contributed by atoms with E-state index in [0.717, 1.165) is 38.8 Å². The van der Waals surface area contributed by atoms with Gasteiger partial charge >= 0.3 is 0 Å². The Morgan fingerprint density at radius 2 is 1.56 bits per heavy atom. The summed E-state index contributed by atoms with van der Waals surface area (Å²) in [6, 6.07) is 32.4. The third-order valence-corrected chi connectivity index (χ3v) is 5.60. The van der Waals surface area contributed by atoms with E-state index >= 15 is 0 Å². The van der Waals surface area contributed by atoms with Crippen molar-refractivity contribution >= 4 is 10.8 Å². The molecule has 0 saturated carbocycles. The Morgan fingerprint density at radius 1 is 0.750 bits per heavy atom. The van der Waals surface area contributed by atoms with Crippen LogP contribution in [0.1, 0.15) is 22.3 Å². The van der Waals surface area contributed by atoms with E-state index in [2.05, 4.69) is 42.2 Å². The predicted molar refractivity (Wildman–Crippen MR) is 130 cm³/mol. The van der Waals surface area contributed by atoms with Crippen LogP contribution in [0.3, 0.4) is 0 Å². The monoisotopic (exact) mass is 414 g/mol. The van der Waals surface area contributed by atoms with Crippen LogP contribution < -0.4 is 0 Å². The summed E-state index contributed by atoms with van der Waals surface area (Å²) in [7, 11) is 0. The van der Waals surface area contributed by atoms with Crippen molar-refractivity contribution in [3.05, 3.63) is 126 Å². The van der Waals surface area contributed by atoms with Gasteiger partial charge in [-0.2, -0.15) is 0 Å². The summed E-state index contributed by atoms with van der Waals surface area (Å²) in [5.74, 6) is 7.64. The van der Waals surface area contributed by atoms with Crippen molar-refractivity contribution < 1.29 is 9.52 Å². The van der Waals surface area contributed by atoms with Gasteiger partial charge in [-0.05, 0) is 46.3 Å². The smallest absolute Gasteiger partial charge is 0.133 e. The van der Waals surface area contributed by atoms with Crippen LogP contribution in [-0.2, 0) is 12.8 Å². The highest BCUT2D eigenvalue weighted by molar-refractivity contribution is 5.90. The number of phenols is 1. The van der Waals surface area contributed by atoms with Gasteiger partial charge in [0.1, 0.15) is 11.5 Å². The van der Waals surface area contributed by atoms with E-state index in [4.69, 9.17) is 4.42 Å². The van der Waals surface area contributed by atoms with Gasteiger partial charge in [0.2, 0.25) is 0 Å². The van der Waals surface area contributed by atoms with E-state index in [0.29, 0.717) is 18.6 Å². The first-order valence-corrected chi connectivity index (χ1v) is 10.7. The first-order chi connectivity index (χ1) is 15.8. The van der Waals surface area contributed by atoms with Gasteiger partial charge < -0.3 is 9.52 Å². The number of benzene rings is 4. The minimum absolute atomic E-state index is 0.323. The molecule has 0 unspecified atom stereocenters. The molecular formula is C30H22O2. The molecule has 154 valence electrons. The Bertz CT molecular complexity index is 1400. The molecule has 0 aliphatic heterocycles. The van der Waals surface area contributed by atoms with E-state index in [9.17, 15) is 5.11 Å². The van der Waals surface area contributed by atoms with Gasteiger partial charge in [-0.3, -0.25) is 0 Å². The fourth-order valence-corrected chi connectivity index (χ4v) is 3.86. The highest BCUT2D eigenvalue weighted by Crippen LogP contribution is 2.31. The highest BCUT2D eigenvalue weighted by atomic mass is 16.3. The summed E-state index contributed by atoms with van der Waals surface area (Å²) in [6.07, 6.45) is 3.04. The molecular weight excluding hydrogens is 392 g/mol. The summed E-state index contributed by atoms with van der Waals surface area (Å²) >= 11 is 0. The average Bonchev–Trinajstić information content (AvgIpc) is 3.37. The average molecular weight is 415 g/mol. The predicted octanol–water partition coefficient (Wildman–Crippen LogP) is 6.99. The maximum absolute atomic E-state index is 11.0. The topological polar surface area (TPSA) is 33.4 Å². The summed E-state index contributed by atoms with van der Waals surface area (Å²) in [5, 5.41) is 12.8. The standard InChI is InChI=1S/C30H22O2/c31-30-27(20-24-12-15-26(16-13-24)29-10-5-19-32-29)18-17-25-14-11-23(21-28(25)30)9-4-8-22-6-2-1-3-7-22/h1-3,5-7,10-19,21,31H,8,20H2. The van der Waals surface area contributed by atoms with Crippen molar-refractivity contribution in [3.8, 4) is 28.9 Å². The number of aromatic hydroxyl groups is 1. The molecule has 0 amide bonds. The van der Waals surface area contributed by atoms with Crippen LogP contribution in [0.5, 0.6) is 5.75 Å². The van der Waals surface area contributed by atoms with Crippen molar-refractivity contribution in [2.45, 2.75) is 12.8 Å². The number of phenolic OH excluding ortho intramolecular Hbond substituents is 1. The molecule has 5 rings (SSSR count). The highest BCUT2D eigenvalue weighted by Gasteiger charge is 2.09. The largest absolute Gasteiger partial charge is 0.507 e. The van der Waals surface area contributed by atoms with Crippen molar-refractivity contribution in [1.29, 1.82) is 0 Å². The minimum Gasteiger partial charge on any atom is -0.507 e. The molecule has 2 nitrogen and oxygen atoms in total. The quantitative estimate of drug-likeness (QED) is 0.322. The molecule has 5 aromatic rings. The first-order valence-electron chi connectivity index (χ1n) is 10.7. The lowest BCUT2D eigenvalue weighted by Gasteiger charge is -2.09. The number of furan rings is 1. The molecule has 0 radical (unpaired) electrons. The molecule has 0 spiro atoms. The molecule has 0 atom stereocenters. The zero-order valence-electron chi connectivity index (χ0n) is 17.6. The van der Waals surface area contributed by atoms with Crippen LogP contribution in [-0.4, -0.2) is 5.11 Å². The van der Waals surface area contributed by atoms with Gasteiger partial charge in [-0.1, -0.05) is 84.6 Å². The minimum atomic E-state index is 0.323. The first kappa shape index (κ1) is 19.7. The van der Waals surface area contributed by atoms with Gasteiger partial charge in [0.15, 0.2) is 0 Å². The van der Waals surface area contributed by atoms with Crippen LogP contribution in [0.2, 0.25) is 0 Å². The number of hydrogen-bond acceptors (Lipinski definition) is 2. The maximum atomic E-state index is 11.0. The molecule has 1 heterocycles. The van der Waals surface area contributed by atoms with Gasteiger partial charge in [0, 0.05) is 29.4 Å². The second kappa shape index (κ2) is 8.88. The van der Waals surface area contributed by atoms with E-state index in [1.807, 2.05) is 66.7 Å². The lowest BCUT2D eigenvalue weighted by atomic mass is 9.97. The lowest BCUT2D eigenvalue weighted by molar-refractivity contribution is 0.476. The van der Waals surface area contributed by atoms with Gasteiger partial charge in [0.25, 0.3) is 0 Å². The SMILES string of the molecule is Oc1c(Cc2ccc(-c3ccco3)cc2)ccc2ccc(C#CCc3ccccc3)cc12. The third kappa shape index (κ3) is 4.29. The van der Waals surface area contributed by atoms with E-state index in [1.165, 1.54) is 5.56 Å². The Morgan fingerprint density at radius 3 is 2.34 bits per heavy atom. The fourth-order valence-electron chi connectivity index (χ4n) is 3.86. The molecule has 0 fully saturated rings. The number of rotatable bonds is 4. The molecule has 0 saturated heterocycles. The molecule has 0 aliphatic rings. The van der Waals surface area contributed by atoms with Gasteiger partial charge in [-0.15, -0.1) is 0 Å². The second-order valence-corrected chi connectivity index (χ2v) is 7.82. The fraction of sp³-hybridized carbons (Fsp3) is 0.0667. The van der Waals surface area contributed by atoms with Crippen molar-refractivity contribution in [1.82, 2.24) is 0 Å². The van der Waals surface area contributed by atoms with E-state index < -0.39 is 0 Å². The van der Waals surface area contributed by atoms with Gasteiger partial charge in [-0.25, -0.2) is 0 Å². The number of hydrogen-bond donors (Lipinski definition) is 1. The molecule has 4 aromatic carbocycles. The summed E-state index contributed by atoms with van der Waals surface area (Å²) in [6.45, 7) is 0. The molecule has 0 bridgehead atoms. The summed E-state index contributed by atoms with van der Waals surface area (Å²) < 4.78 is 5.46. The Balaban J connectivity index is 1.38. The Kier molecular flexibility index (Phi) is 5.47. The molecule has 0 aliphatic carbocycles. The summed E-state index contributed by atoms with van der Waals surface area (Å²) in [5.41, 5.74) is 5.18.